The molecule has 1 aliphatic rings. The van der Waals surface area contributed by atoms with Gasteiger partial charge in [-0.05, 0) is 30.7 Å². The van der Waals surface area contributed by atoms with E-state index in [-0.39, 0.29) is 30.5 Å². The minimum atomic E-state index is -0.818. The molecule has 1 N–H and O–H groups in total. The number of rotatable bonds is 5. The molecule has 0 unspecified atom stereocenters. The van der Waals surface area contributed by atoms with Crippen molar-refractivity contribution in [2.75, 3.05) is 18.0 Å². The zero-order chi connectivity index (χ0) is 21.1. The first kappa shape index (κ1) is 19.6. The van der Waals surface area contributed by atoms with Crippen molar-refractivity contribution in [2.24, 2.45) is 0 Å². The maximum atomic E-state index is 13.2. The van der Waals surface area contributed by atoms with Crippen LogP contribution in [-0.4, -0.2) is 40.6 Å². The minimum Gasteiger partial charge on any atom is -0.477 e. The average Bonchev–Trinajstić information content (AvgIpc) is 2.78. The molecule has 2 amide bonds. The zero-order valence-corrected chi connectivity index (χ0v) is 16.6. The minimum absolute atomic E-state index is 0.0706. The van der Waals surface area contributed by atoms with Gasteiger partial charge in [0.15, 0.2) is 6.10 Å². The molecule has 30 heavy (non-hydrogen) atoms. The summed E-state index contributed by atoms with van der Waals surface area (Å²) in [5, 5.41) is 3.26. The summed E-state index contributed by atoms with van der Waals surface area (Å²) in [7, 11) is 0. The summed E-state index contributed by atoms with van der Waals surface area (Å²) in [6, 6.07) is 14.1. The zero-order valence-electron chi connectivity index (χ0n) is 16.6. The number of benzene rings is 2. The number of fused-ring (bicyclic) bond motifs is 2. The molecule has 0 aliphatic carbocycles. The summed E-state index contributed by atoms with van der Waals surface area (Å²) < 4.78 is 7.10. The predicted molar refractivity (Wildman–Crippen MR) is 113 cm³/mol. The van der Waals surface area contributed by atoms with Crippen LogP contribution in [0.5, 0.6) is 5.75 Å². The van der Waals surface area contributed by atoms with Crippen molar-refractivity contribution in [2.45, 2.75) is 26.0 Å². The Labute approximate surface area is 173 Å². The number of para-hydroxylation sites is 3. The van der Waals surface area contributed by atoms with Crippen LogP contribution < -0.4 is 20.5 Å². The summed E-state index contributed by atoms with van der Waals surface area (Å²) in [6.07, 6.45) is 1.36. The Bertz CT molecular complexity index is 1160. The van der Waals surface area contributed by atoms with Crippen molar-refractivity contribution in [1.29, 1.82) is 0 Å². The number of hydrogen-bond donors (Lipinski definition) is 1. The van der Waals surface area contributed by atoms with E-state index in [1.807, 2.05) is 6.92 Å². The largest absolute Gasteiger partial charge is 0.477 e. The molecule has 0 radical (unpaired) electrons. The molecule has 1 aliphatic heterocycles. The predicted octanol–water partition coefficient (Wildman–Crippen LogP) is 1.72. The van der Waals surface area contributed by atoms with E-state index in [1.54, 1.807) is 48.5 Å². The topological polar surface area (TPSA) is 93.5 Å². The molecule has 1 atom stereocenters. The van der Waals surface area contributed by atoms with Gasteiger partial charge in [-0.1, -0.05) is 31.2 Å². The molecule has 0 saturated heterocycles. The Morgan fingerprint density at radius 1 is 1.17 bits per heavy atom. The first-order chi connectivity index (χ1) is 14.6. The first-order valence-electron chi connectivity index (χ1n) is 9.86. The molecule has 2 aromatic carbocycles. The van der Waals surface area contributed by atoms with Gasteiger partial charge in [-0.25, -0.2) is 4.98 Å². The molecule has 0 fully saturated rings. The Morgan fingerprint density at radius 2 is 1.93 bits per heavy atom. The second-order valence-electron chi connectivity index (χ2n) is 7.06. The number of carbonyl (C=O) groups is 2. The molecule has 0 bridgehead atoms. The van der Waals surface area contributed by atoms with E-state index in [2.05, 4.69) is 10.3 Å². The van der Waals surface area contributed by atoms with Gasteiger partial charge in [-0.3, -0.25) is 19.0 Å². The smallest absolute Gasteiger partial charge is 0.262 e. The highest BCUT2D eigenvalue weighted by Crippen LogP contribution is 2.33. The molecular formula is C22H22N4O4. The highest BCUT2D eigenvalue weighted by Gasteiger charge is 2.33. The molecule has 0 saturated carbocycles. The fourth-order valence-corrected chi connectivity index (χ4v) is 3.42. The van der Waals surface area contributed by atoms with Crippen LogP contribution in [0.15, 0.2) is 59.7 Å². The van der Waals surface area contributed by atoms with Gasteiger partial charge in [0.05, 0.1) is 29.5 Å². The summed E-state index contributed by atoms with van der Waals surface area (Å²) in [6.45, 7) is 2.38. The molecule has 0 spiro atoms. The maximum absolute atomic E-state index is 13.2. The van der Waals surface area contributed by atoms with Gasteiger partial charge in [0.25, 0.3) is 11.5 Å². The highest BCUT2D eigenvalue weighted by molar-refractivity contribution is 5.97. The SMILES string of the molecule is CCCNC(=O)[C@@H]1CN(C(=O)Cn2cnc3ccccc3c2=O)c2ccccc2O1. The van der Waals surface area contributed by atoms with E-state index >= 15 is 0 Å². The molecule has 8 heteroatoms. The van der Waals surface area contributed by atoms with Crippen molar-refractivity contribution in [3.63, 3.8) is 0 Å². The summed E-state index contributed by atoms with van der Waals surface area (Å²) in [5.41, 5.74) is 0.868. The van der Waals surface area contributed by atoms with Gasteiger partial charge in [-0.2, -0.15) is 0 Å². The number of amides is 2. The lowest BCUT2D eigenvalue weighted by molar-refractivity contribution is -0.128. The Balaban J connectivity index is 1.61. The van der Waals surface area contributed by atoms with Crippen LogP contribution in [0.3, 0.4) is 0 Å². The third-order valence-corrected chi connectivity index (χ3v) is 4.95. The van der Waals surface area contributed by atoms with Crippen molar-refractivity contribution >= 4 is 28.4 Å². The van der Waals surface area contributed by atoms with Gasteiger partial charge in [0.2, 0.25) is 5.91 Å². The number of nitrogens with one attached hydrogen (secondary N) is 1. The Hall–Kier alpha value is -3.68. The molecule has 154 valence electrons. The van der Waals surface area contributed by atoms with Crippen molar-refractivity contribution < 1.29 is 14.3 Å². The quantitative estimate of drug-likeness (QED) is 0.696. The van der Waals surface area contributed by atoms with Crippen LogP contribution in [0.25, 0.3) is 10.9 Å². The first-order valence-corrected chi connectivity index (χ1v) is 9.86. The average molecular weight is 406 g/mol. The summed E-state index contributed by atoms with van der Waals surface area (Å²) >= 11 is 0. The highest BCUT2D eigenvalue weighted by atomic mass is 16.5. The van der Waals surface area contributed by atoms with Crippen LogP contribution in [0.1, 0.15) is 13.3 Å². The van der Waals surface area contributed by atoms with E-state index in [4.69, 9.17) is 4.74 Å². The van der Waals surface area contributed by atoms with Crippen LogP contribution in [0, 0.1) is 0 Å². The van der Waals surface area contributed by atoms with Crippen molar-refractivity contribution in [3.05, 3.63) is 65.2 Å². The molecule has 8 nitrogen and oxygen atoms in total. The number of anilines is 1. The number of aromatic nitrogens is 2. The van der Waals surface area contributed by atoms with Gasteiger partial charge in [-0.15, -0.1) is 0 Å². The van der Waals surface area contributed by atoms with Gasteiger partial charge >= 0.3 is 0 Å². The van der Waals surface area contributed by atoms with E-state index in [9.17, 15) is 14.4 Å². The van der Waals surface area contributed by atoms with E-state index in [1.165, 1.54) is 15.8 Å². The summed E-state index contributed by atoms with van der Waals surface area (Å²) in [5.74, 6) is -0.135. The second-order valence-corrected chi connectivity index (χ2v) is 7.06. The van der Waals surface area contributed by atoms with Crippen molar-refractivity contribution in [1.82, 2.24) is 14.9 Å². The second kappa shape index (κ2) is 8.36. The molecular weight excluding hydrogens is 384 g/mol. The molecule has 2 heterocycles. The van der Waals surface area contributed by atoms with Gasteiger partial charge < -0.3 is 15.0 Å². The number of nitrogens with zero attached hydrogens (tertiary/aromatic N) is 3. The Kier molecular flexibility index (Phi) is 5.47. The van der Waals surface area contributed by atoms with E-state index in [0.717, 1.165) is 6.42 Å². The lowest BCUT2D eigenvalue weighted by atomic mass is 10.1. The molecule has 1 aromatic heterocycles. The third kappa shape index (κ3) is 3.76. The normalized spacial score (nSPS) is 15.4. The number of ether oxygens (including phenoxy) is 1. The van der Waals surface area contributed by atoms with Crippen LogP contribution >= 0.6 is 0 Å². The number of hydrogen-bond acceptors (Lipinski definition) is 5. The third-order valence-electron chi connectivity index (χ3n) is 4.95. The van der Waals surface area contributed by atoms with Gasteiger partial charge in [0, 0.05) is 6.54 Å². The lowest BCUT2D eigenvalue weighted by Gasteiger charge is -2.34. The van der Waals surface area contributed by atoms with Crippen LogP contribution in [0.4, 0.5) is 5.69 Å². The molecule has 4 rings (SSSR count). The summed E-state index contributed by atoms with van der Waals surface area (Å²) in [4.78, 5) is 44.1. The Morgan fingerprint density at radius 3 is 2.77 bits per heavy atom. The fraction of sp³-hybridized carbons (Fsp3) is 0.273. The maximum Gasteiger partial charge on any atom is 0.262 e. The van der Waals surface area contributed by atoms with Crippen LogP contribution in [0.2, 0.25) is 0 Å². The van der Waals surface area contributed by atoms with E-state index in [0.29, 0.717) is 28.9 Å². The fourth-order valence-electron chi connectivity index (χ4n) is 3.42. The lowest BCUT2D eigenvalue weighted by Crippen LogP contribution is -2.51. The molecule has 3 aromatic rings. The van der Waals surface area contributed by atoms with E-state index < -0.39 is 6.10 Å². The standard InChI is InChI=1S/C22H22N4O4/c1-2-11-23-21(28)19-12-26(17-9-5-6-10-18(17)30-19)20(27)13-25-14-24-16-8-4-3-7-15(16)22(25)29/h3-10,14,19H,2,11-13H2,1H3,(H,23,28)/t19-/m0/s1. The van der Waals surface area contributed by atoms with Gasteiger partial charge in [0.1, 0.15) is 12.3 Å². The number of carbonyl (C=O) groups excluding carboxylic acids is 2. The van der Waals surface area contributed by atoms with Crippen LogP contribution in [-0.2, 0) is 16.1 Å². The monoisotopic (exact) mass is 406 g/mol. The van der Waals surface area contributed by atoms with Crippen molar-refractivity contribution in [3.8, 4) is 5.75 Å².